The van der Waals surface area contributed by atoms with Gasteiger partial charge in [-0.05, 0) is 37.1 Å². The Morgan fingerprint density at radius 2 is 1.78 bits per heavy atom. The average Bonchev–Trinajstić information content (AvgIpc) is 2.64. The first kappa shape index (κ1) is 18.6. The zero-order chi connectivity index (χ0) is 19.6. The number of nitrogens with zero attached hydrogens (tertiary/aromatic N) is 2. The van der Waals surface area contributed by atoms with Crippen LogP contribution >= 0.6 is 0 Å². The summed E-state index contributed by atoms with van der Waals surface area (Å²) in [6.07, 6.45) is 0. The summed E-state index contributed by atoms with van der Waals surface area (Å²) in [6.45, 7) is 6.98. The zero-order valence-electron chi connectivity index (χ0n) is 15.6. The first-order chi connectivity index (χ1) is 12.9. The fourth-order valence-electron chi connectivity index (χ4n) is 3.42. The molecule has 0 bridgehead atoms. The Hall–Kier alpha value is -3.15. The first-order valence-corrected chi connectivity index (χ1v) is 8.89. The Labute approximate surface area is 157 Å². The number of hydrogen-bond donors (Lipinski definition) is 0. The van der Waals surface area contributed by atoms with Crippen LogP contribution in [0, 0.1) is 17.0 Å². The predicted octanol–water partition coefficient (Wildman–Crippen LogP) is 4.42. The second-order valence-corrected chi connectivity index (χ2v) is 6.75. The first-order valence-electron chi connectivity index (χ1n) is 8.89. The molecule has 140 valence electrons. The molecule has 0 N–H and O–H groups in total. The third-order valence-electron chi connectivity index (χ3n) is 4.69. The maximum Gasteiger partial charge on any atom is 0.269 e. The van der Waals surface area contributed by atoms with Gasteiger partial charge in [0.05, 0.1) is 17.0 Å². The minimum absolute atomic E-state index is 0.0335. The van der Waals surface area contributed by atoms with Gasteiger partial charge in [-0.15, -0.1) is 0 Å². The van der Waals surface area contributed by atoms with E-state index in [0.29, 0.717) is 24.3 Å². The molecule has 27 heavy (non-hydrogen) atoms. The molecule has 0 atom stereocenters. The van der Waals surface area contributed by atoms with E-state index in [4.69, 9.17) is 4.74 Å². The van der Waals surface area contributed by atoms with Crippen molar-refractivity contribution in [1.82, 2.24) is 4.57 Å². The molecule has 0 aliphatic rings. The molecule has 0 aliphatic heterocycles. The largest absolute Gasteiger partial charge is 0.492 e. The molecule has 0 radical (unpaired) electrons. The molecule has 0 amide bonds. The number of nitro groups is 1. The Bertz CT molecular complexity index is 1040. The lowest BCUT2D eigenvalue weighted by Crippen LogP contribution is -2.22. The Kier molecular flexibility index (Phi) is 5.26. The van der Waals surface area contributed by atoms with Crippen molar-refractivity contribution in [1.29, 1.82) is 0 Å². The van der Waals surface area contributed by atoms with Gasteiger partial charge in [0.15, 0.2) is 5.43 Å². The lowest BCUT2D eigenvalue weighted by atomic mass is 9.98. The van der Waals surface area contributed by atoms with Crippen LogP contribution in [-0.4, -0.2) is 16.1 Å². The van der Waals surface area contributed by atoms with Gasteiger partial charge in [-0.3, -0.25) is 14.9 Å². The van der Waals surface area contributed by atoms with Gasteiger partial charge in [0.25, 0.3) is 5.69 Å². The number of fused-ring (bicyclic) bond motifs is 1. The van der Waals surface area contributed by atoms with Crippen LogP contribution < -0.4 is 10.2 Å². The Morgan fingerprint density at radius 1 is 1.11 bits per heavy atom. The van der Waals surface area contributed by atoms with Crippen LogP contribution in [0.15, 0.2) is 53.3 Å². The summed E-state index contributed by atoms with van der Waals surface area (Å²) in [7, 11) is 0. The summed E-state index contributed by atoms with van der Waals surface area (Å²) in [6, 6.07) is 13.6. The van der Waals surface area contributed by atoms with Gasteiger partial charge in [-0.2, -0.15) is 0 Å². The van der Waals surface area contributed by atoms with Gasteiger partial charge in [0.1, 0.15) is 12.4 Å². The van der Waals surface area contributed by atoms with Crippen molar-refractivity contribution in [3.63, 3.8) is 0 Å². The second kappa shape index (κ2) is 7.61. The minimum Gasteiger partial charge on any atom is -0.492 e. The smallest absolute Gasteiger partial charge is 0.269 e. The molecule has 6 nitrogen and oxygen atoms in total. The van der Waals surface area contributed by atoms with Crippen LogP contribution in [0.3, 0.4) is 0 Å². The van der Waals surface area contributed by atoms with Crippen molar-refractivity contribution in [3.05, 3.63) is 80.1 Å². The average molecular weight is 366 g/mol. The van der Waals surface area contributed by atoms with E-state index in [1.165, 1.54) is 12.1 Å². The Balaban J connectivity index is 1.88. The van der Waals surface area contributed by atoms with Crippen molar-refractivity contribution in [2.45, 2.75) is 33.2 Å². The number of ether oxygens (including phenoxy) is 1. The molecule has 3 rings (SSSR count). The monoisotopic (exact) mass is 366 g/mol. The topological polar surface area (TPSA) is 74.4 Å². The number of aromatic nitrogens is 1. The van der Waals surface area contributed by atoms with Crippen molar-refractivity contribution in [2.24, 2.45) is 0 Å². The van der Waals surface area contributed by atoms with Crippen LogP contribution in [0.5, 0.6) is 5.75 Å². The van der Waals surface area contributed by atoms with Crippen molar-refractivity contribution in [2.75, 3.05) is 6.61 Å². The predicted molar refractivity (Wildman–Crippen MR) is 106 cm³/mol. The number of para-hydroxylation sites is 1. The molecule has 0 unspecified atom stereocenters. The standard InChI is InChI=1S/C21H22N2O4/c1-14(2)20-15(3)22(19-7-5-4-6-18(19)21(20)24)12-13-27-17-10-8-16(9-11-17)23(25)26/h4-11,14H,12-13H2,1-3H3. The van der Waals surface area contributed by atoms with Gasteiger partial charge in [0.2, 0.25) is 0 Å². The fraction of sp³-hybridized carbons (Fsp3) is 0.286. The SMILES string of the molecule is Cc1c(C(C)C)c(=O)c2ccccc2n1CCOc1ccc([N+](=O)[O-])cc1. The molecular formula is C21H22N2O4. The molecule has 6 heteroatoms. The van der Waals surface area contributed by atoms with Crippen molar-refractivity contribution < 1.29 is 9.66 Å². The highest BCUT2D eigenvalue weighted by Crippen LogP contribution is 2.22. The highest BCUT2D eigenvalue weighted by atomic mass is 16.6. The number of rotatable bonds is 6. The normalized spacial score (nSPS) is 11.1. The second-order valence-electron chi connectivity index (χ2n) is 6.75. The number of hydrogen-bond acceptors (Lipinski definition) is 4. The molecule has 0 saturated carbocycles. The third kappa shape index (κ3) is 3.69. The maximum absolute atomic E-state index is 12.8. The van der Waals surface area contributed by atoms with Crippen molar-refractivity contribution >= 4 is 16.6 Å². The van der Waals surface area contributed by atoms with Crippen LogP contribution in [-0.2, 0) is 6.54 Å². The summed E-state index contributed by atoms with van der Waals surface area (Å²) in [4.78, 5) is 23.1. The molecular weight excluding hydrogens is 344 g/mol. The maximum atomic E-state index is 12.8. The number of benzene rings is 2. The molecule has 3 aromatic rings. The molecule has 0 aliphatic carbocycles. The lowest BCUT2D eigenvalue weighted by Gasteiger charge is -2.20. The quantitative estimate of drug-likeness (QED) is 0.478. The van der Waals surface area contributed by atoms with Gasteiger partial charge in [0, 0.05) is 28.8 Å². The van der Waals surface area contributed by atoms with Gasteiger partial charge >= 0.3 is 0 Å². The van der Waals surface area contributed by atoms with Gasteiger partial charge in [-0.25, -0.2) is 0 Å². The third-order valence-corrected chi connectivity index (χ3v) is 4.69. The lowest BCUT2D eigenvalue weighted by molar-refractivity contribution is -0.384. The summed E-state index contributed by atoms with van der Waals surface area (Å²) in [5, 5.41) is 11.4. The van der Waals surface area contributed by atoms with E-state index < -0.39 is 4.92 Å². The summed E-state index contributed by atoms with van der Waals surface area (Å²) >= 11 is 0. The molecule has 0 saturated heterocycles. The van der Waals surface area contributed by atoms with Crippen LogP contribution in [0.1, 0.15) is 31.0 Å². The van der Waals surface area contributed by atoms with E-state index in [2.05, 4.69) is 4.57 Å². The van der Waals surface area contributed by atoms with E-state index in [1.54, 1.807) is 12.1 Å². The minimum atomic E-state index is -0.437. The summed E-state index contributed by atoms with van der Waals surface area (Å²) in [5.41, 5.74) is 2.78. The van der Waals surface area contributed by atoms with E-state index in [0.717, 1.165) is 16.8 Å². The fourth-order valence-corrected chi connectivity index (χ4v) is 3.42. The molecule has 0 fully saturated rings. The molecule has 2 aromatic carbocycles. The molecule has 0 spiro atoms. The zero-order valence-corrected chi connectivity index (χ0v) is 15.6. The number of pyridine rings is 1. The Morgan fingerprint density at radius 3 is 2.41 bits per heavy atom. The highest BCUT2D eigenvalue weighted by molar-refractivity contribution is 5.80. The number of nitro benzene ring substituents is 1. The summed E-state index contributed by atoms with van der Waals surface area (Å²) in [5.74, 6) is 0.705. The molecule has 1 heterocycles. The van der Waals surface area contributed by atoms with Crippen LogP contribution in [0.2, 0.25) is 0 Å². The highest BCUT2D eigenvalue weighted by Gasteiger charge is 2.16. The van der Waals surface area contributed by atoms with Gasteiger partial charge < -0.3 is 9.30 Å². The van der Waals surface area contributed by atoms with Crippen LogP contribution in [0.4, 0.5) is 5.69 Å². The van der Waals surface area contributed by atoms with E-state index in [9.17, 15) is 14.9 Å². The van der Waals surface area contributed by atoms with Crippen LogP contribution in [0.25, 0.3) is 10.9 Å². The molecule has 1 aromatic heterocycles. The van der Waals surface area contributed by atoms with E-state index in [-0.39, 0.29) is 17.0 Å². The number of non-ortho nitro benzene ring substituents is 1. The van der Waals surface area contributed by atoms with Gasteiger partial charge in [-0.1, -0.05) is 26.0 Å². The van der Waals surface area contributed by atoms with E-state index in [1.807, 2.05) is 45.0 Å². The van der Waals surface area contributed by atoms with Crippen molar-refractivity contribution in [3.8, 4) is 5.75 Å². The summed E-state index contributed by atoms with van der Waals surface area (Å²) < 4.78 is 7.87. The van der Waals surface area contributed by atoms with E-state index >= 15 is 0 Å².